The topological polar surface area (TPSA) is 66.4 Å². The van der Waals surface area contributed by atoms with E-state index in [2.05, 4.69) is 5.32 Å². The van der Waals surface area contributed by atoms with Crippen LogP contribution in [0.5, 0.6) is 0 Å². The molecule has 0 saturated heterocycles. The number of nitrogens with one attached hydrogen (secondary N) is 1. The number of carbonyl (C=O) groups is 2. The maximum absolute atomic E-state index is 12.0. The first kappa shape index (κ1) is 13.6. The van der Waals surface area contributed by atoms with Gasteiger partial charge in [0.2, 0.25) is 5.91 Å². The van der Waals surface area contributed by atoms with Crippen LogP contribution in [-0.4, -0.2) is 17.0 Å². The van der Waals surface area contributed by atoms with E-state index in [0.717, 1.165) is 23.2 Å². The van der Waals surface area contributed by atoms with Crippen molar-refractivity contribution in [1.29, 1.82) is 0 Å². The smallest absolute Gasteiger partial charge is 0.310 e. The molecule has 1 aromatic carbocycles. The molecule has 2 N–H and O–H groups in total. The average Bonchev–Trinajstić information content (AvgIpc) is 2.28. The van der Waals surface area contributed by atoms with E-state index in [1.54, 1.807) is 0 Å². The molecule has 1 saturated carbocycles. The van der Waals surface area contributed by atoms with Gasteiger partial charge in [-0.1, -0.05) is 18.6 Å². The highest BCUT2D eigenvalue weighted by Crippen LogP contribution is 2.44. The van der Waals surface area contributed by atoms with Crippen molar-refractivity contribution in [2.45, 2.75) is 39.5 Å². The van der Waals surface area contributed by atoms with Crippen LogP contribution in [0.25, 0.3) is 0 Å². The van der Waals surface area contributed by atoms with Gasteiger partial charge in [0, 0.05) is 12.1 Å². The summed E-state index contributed by atoms with van der Waals surface area (Å²) in [5, 5.41) is 12.0. The van der Waals surface area contributed by atoms with Crippen molar-refractivity contribution >= 4 is 17.6 Å². The van der Waals surface area contributed by atoms with Gasteiger partial charge in [-0.3, -0.25) is 9.59 Å². The minimum Gasteiger partial charge on any atom is -0.481 e. The number of benzene rings is 1. The Bertz CT molecular complexity index is 518. The van der Waals surface area contributed by atoms with Crippen molar-refractivity contribution in [3.63, 3.8) is 0 Å². The van der Waals surface area contributed by atoms with Crippen LogP contribution < -0.4 is 5.32 Å². The van der Waals surface area contributed by atoms with E-state index in [1.807, 2.05) is 32.0 Å². The third kappa shape index (κ3) is 2.78. The number of hydrogen-bond acceptors (Lipinski definition) is 2. The summed E-state index contributed by atoms with van der Waals surface area (Å²) in [6, 6.07) is 5.83. The summed E-state index contributed by atoms with van der Waals surface area (Å²) in [6.07, 6.45) is 2.16. The van der Waals surface area contributed by atoms with Crippen molar-refractivity contribution in [2.75, 3.05) is 5.32 Å². The zero-order valence-corrected chi connectivity index (χ0v) is 11.3. The Morgan fingerprint density at radius 2 is 2.00 bits per heavy atom. The molecule has 1 fully saturated rings. The van der Waals surface area contributed by atoms with Gasteiger partial charge in [-0.2, -0.15) is 0 Å². The van der Waals surface area contributed by atoms with Gasteiger partial charge in [-0.25, -0.2) is 0 Å². The van der Waals surface area contributed by atoms with Crippen LogP contribution in [0.1, 0.15) is 36.8 Å². The standard InChI is InChI=1S/C15H19NO3/c1-10-4-5-11(2)12(8-10)16-13(17)9-15(14(18)19)6-3-7-15/h4-5,8H,3,6-7,9H2,1-2H3,(H,16,17)(H,18,19). The quantitative estimate of drug-likeness (QED) is 0.875. The number of hydrogen-bond donors (Lipinski definition) is 2. The molecule has 0 aliphatic heterocycles. The molecular formula is C15H19NO3. The Morgan fingerprint density at radius 3 is 2.53 bits per heavy atom. The van der Waals surface area contributed by atoms with Gasteiger partial charge < -0.3 is 10.4 Å². The highest BCUT2D eigenvalue weighted by atomic mass is 16.4. The number of carboxylic acid groups (broad SMARTS) is 1. The summed E-state index contributed by atoms with van der Waals surface area (Å²) in [5.74, 6) is -1.06. The molecule has 4 nitrogen and oxygen atoms in total. The Balaban J connectivity index is 2.05. The zero-order valence-electron chi connectivity index (χ0n) is 11.3. The van der Waals surface area contributed by atoms with Crippen LogP contribution in [0.4, 0.5) is 5.69 Å². The van der Waals surface area contributed by atoms with Crippen molar-refractivity contribution in [3.05, 3.63) is 29.3 Å². The van der Waals surface area contributed by atoms with Gasteiger partial charge in [-0.05, 0) is 43.9 Å². The molecule has 0 atom stereocenters. The first-order valence-electron chi connectivity index (χ1n) is 6.53. The summed E-state index contributed by atoms with van der Waals surface area (Å²) in [7, 11) is 0. The fourth-order valence-corrected chi connectivity index (χ4v) is 2.44. The molecule has 0 heterocycles. The van der Waals surface area contributed by atoms with Crippen molar-refractivity contribution in [1.82, 2.24) is 0 Å². The SMILES string of the molecule is Cc1ccc(C)c(NC(=O)CC2(C(=O)O)CCC2)c1. The number of amides is 1. The molecule has 1 aromatic rings. The molecule has 2 rings (SSSR count). The minimum absolute atomic E-state index is 0.0652. The Labute approximate surface area is 112 Å². The fourth-order valence-electron chi connectivity index (χ4n) is 2.44. The highest BCUT2D eigenvalue weighted by molar-refractivity contribution is 5.95. The fraction of sp³-hybridized carbons (Fsp3) is 0.467. The predicted octanol–water partition coefficient (Wildman–Crippen LogP) is 2.89. The van der Waals surface area contributed by atoms with E-state index in [0.29, 0.717) is 12.8 Å². The minimum atomic E-state index is -0.852. The molecule has 102 valence electrons. The summed E-state index contributed by atoms with van der Waals surface area (Å²) in [4.78, 5) is 23.2. The van der Waals surface area contributed by atoms with Crippen molar-refractivity contribution in [3.8, 4) is 0 Å². The Kier molecular flexibility index (Phi) is 3.60. The molecule has 19 heavy (non-hydrogen) atoms. The molecule has 0 spiro atoms. The zero-order chi connectivity index (χ0) is 14.0. The number of aryl methyl sites for hydroxylation is 2. The molecule has 1 aliphatic rings. The monoisotopic (exact) mass is 261 g/mol. The number of rotatable bonds is 4. The second-order valence-electron chi connectivity index (χ2n) is 5.48. The lowest BCUT2D eigenvalue weighted by Gasteiger charge is -2.36. The highest BCUT2D eigenvalue weighted by Gasteiger charge is 2.45. The molecule has 0 radical (unpaired) electrons. The summed E-state index contributed by atoms with van der Waals surface area (Å²) < 4.78 is 0. The molecule has 4 heteroatoms. The molecule has 0 aromatic heterocycles. The number of aliphatic carboxylic acids is 1. The Hall–Kier alpha value is -1.84. The van der Waals surface area contributed by atoms with E-state index < -0.39 is 11.4 Å². The van der Waals surface area contributed by atoms with Crippen molar-refractivity contribution in [2.24, 2.45) is 5.41 Å². The number of carboxylic acids is 1. The molecule has 0 bridgehead atoms. The first-order chi connectivity index (χ1) is 8.93. The number of carbonyl (C=O) groups excluding carboxylic acids is 1. The van der Waals surface area contributed by atoms with Crippen LogP contribution in [0, 0.1) is 19.3 Å². The van der Waals surface area contributed by atoms with Gasteiger partial charge in [-0.15, -0.1) is 0 Å². The number of anilines is 1. The second-order valence-corrected chi connectivity index (χ2v) is 5.48. The van der Waals surface area contributed by atoms with Crippen LogP contribution >= 0.6 is 0 Å². The van der Waals surface area contributed by atoms with Crippen LogP contribution in [0.15, 0.2) is 18.2 Å². The molecular weight excluding hydrogens is 242 g/mol. The van der Waals surface area contributed by atoms with Gasteiger partial charge >= 0.3 is 5.97 Å². The molecule has 1 aliphatic carbocycles. The van der Waals surface area contributed by atoms with E-state index >= 15 is 0 Å². The van der Waals surface area contributed by atoms with Gasteiger partial charge in [0.1, 0.15) is 0 Å². The molecule has 0 unspecified atom stereocenters. The maximum atomic E-state index is 12.0. The largest absolute Gasteiger partial charge is 0.481 e. The summed E-state index contributed by atoms with van der Waals surface area (Å²) in [5.41, 5.74) is 1.99. The third-order valence-electron chi connectivity index (χ3n) is 3.93. The maximum Gasteiger partial charge on any atom is 0.310 e. The lowest BCUT2D eigenvalue weighted by atomic mass is 9.66. The van der Waals surface area contributed by atoms with E-state index in [4.69, 9.17) is 0 Å². The van der Waals surface area contributed by atoms with E-state index in [-0.39, 0.29) is 12.3 Å². The normalized spacial score (nSPS) is 16.5. The van der Waals surface area contributed by atoms with Gasteiger partial charge in [0.05, 0.1) is 5.41 Å². The predicted molar refractivity (Wildman–Crippen MR) is 73.1 cm³/mol. The van der Waals surface area contributed by atoms with E-state index in [1.165, 1.54) is 0 Å². The summed E-state index contributed by atoms with van der Waals surface area (Å²) in [6.45, 7) is 3.88. The van der Waals surface area contributed by atoms with Crippen LogP contribution in [0.2, 0.25) is 0 Å². The first-order valence-corrected chi connectivity index (χ1v) is 6.53. The van der Waals surface area contributed by atoms with E-state index in [9.17, 15) is 14.7 Å². The van der Waals surface area contributed by atoms with Crippen molar-refractivity contribution < 1.29 is 14.7 Å². The lowest BCUT2D eigenvalue weighted by Crippen LogP contribution is -2.41. The lowest BCUT2D eigenvalue weighted by molar-refractivity contribution is -0.157. The average molecular weight is 261 g/mol. The van der Waals surface area contributed by atoms with Crippen LogP contribution in [0.3, 0.4) is 0 Å². The van der Waals surface area contributed by atoms with Crippen LogP contribution in [-0.2, 0) is 9.59 Å². The third-order valence-corrected chi connectivity index (χ3v) is 3.93. The molecule has 1 amide bonds. The van der Waals surface area contributed by atoms with Gasteiger partial charge in [0.25, 0.3) is 0 Å². The summed E-state index contributed by atoms with van der Waals surface area (Å²) >= 11 is 0. The Morgan fingerprint density at radius 1 is 1.32 bits per heavy atom. The van der Waals surface area contributed by atoms with Gasteiger partial charge in [0.15, 0.2) is 0 Å². The second kappa shape index (κ2) is 5.03.